The average Bonchev–Trinajstić information content (AvgIpc) is 3.13. The number of hydrogen-bond acceptors (Lipinski definition) is 5. The van der Waals surface area contributed by atoms with Crippen LogP contribution in [-0.4, -0.2) is 76.1 Å². The van der Waals surface area contributed by atoms with Gasteiger partial charge in [-0.2, -0.15) is 0 Å². The zero-order valence-electron chi connectivity index (χ0n) is 19.7. The molecule has 10 heteroatoms. The lowest BCUT2D eigenvalue weighted by Gasteiger charge is -2.31. The minimum absolute atomic E-state index is 0.0875. The summed E-state index contributed by atoms with van der Waals surface area (Å²) in [6, 6.07) is 5.64. The molecule has 1 aliphatic rings. The van der Waals surface area contributed by atoms with Gasteiger partial charge in [0.05, 0.1) is 36.2 Å². The minimum atomic E-state index is -1.05. The van der Waals surface area contributed by atoms with Crippen LogP contribution in [0.2, 0.25) is 0 Å². The third kappa shape index (κ3) is 5.17. The van der Waals surface area contributed by atoms with Crippen LogP contribution in [0.5, 0.6) is 0 Å². The second-order valence-electron chi connectivity index (χ2n) is 8.72. The SMILES string of the molecule is Cc1ccn2c(CC3CN(C(=O)O)CCO3)c(-c3c(F)cc(C(=O)/C=C/N(C)C)cc3F)nc2c1. The number of carboxylic acid groups (broad SMARTS) is 1. The Bertz CT molecular complexity index is 1300. The molecule has 2 aromatic heterocycles. The molecule has 1 atom stereocenters. The van der Waals surface area contributed by atoms with Gasteiger partial charge in [-0.3, -0.25) is 4.79 Å². The van der Waals surface area contributed by atoms with E-state index in [9.17, 15) is 14.7 Å². The summed E-state index contributed by atoms with van der Waals surface area (Å²) in [5, 5.41) is 9.35. The fraction of sp³-hybridized carbons (Fsp3) is 0.320. The Labute approximate surface area is 201 Å². The molecule has 1 amide bonds. The lowest BCUT2D eigenvalue weighted by atomic mass is 10.0. The molecule has 35 heavy (non-hydrogen) atoms. The van der Waals surface area contributed by atoms with Gasteiger partial charge in [0.2, 0.25) is 0 Å². The van der Waals surface area contributed by atoms with E-state index < -0.39 is 29.6 Å². The molecule has 1 N–H and O–H groups in total. The Balaban J connectivity index is 1.77. The predicted molar refractivity (Wildman–Crippen MR) is 125 cm³/mol. The van der Waals surface area contributed by atoms with Gasteiger partial charge in [-0.1, -0.05) is 0 Å². The highest BCUT2D eigenvalue weighted by atomic mass is 19.1. The van der Waals surface area contributed by atoms with E-state index in [2.05, 4.69) is 4.98 Å². The van der Waals surface area contributed by atoms with Crippen molar-refractivity contribution in [3.05, 3.63) is 71.2 Å². The lowest BCUT2D eigenvalue weighted by molar-refractivity contribution is -0.0214. The maximum absolute atomic E-state index is 15.3. The molecule has 1 aliphatic heterocycles. The first-order valence-corrected chi connectivity index (χ1v) is 11.1. The molecular formula is C25H26F2N4O4. The Morgan fingerprint density at radius 3 is 2.63 bits per heavy atom. The van der Waals surface area contributed by atoms with E-state index in [1.54, 1.807) is 35.7 Å². The summed E-state index contributed by atoms with van der Waals surface area (Å²) >= 11 is 0. The lowest BCUT2D eigenvalue weighted by Crippen LogP contribution is -2.45. The summed E-state index contributed by atoms with van der Waals surface area (Å²) in [5.74, 6) is -2.35. The van der Waals surface area contributed by atoms with Crippen molar-refractivity contribution in [3.63, 3.8) is 0 Å². The van der Waals surface area contributed by atoms with Gasteiger partial charge in [-0.15, -0.1) is 0 Å². The number of ketones is 1. The van der Waals surface area contributed by atoms with Gasteiger partial charge in [0, 0.05) is 51.1 Å². The molecule has 0 spiro atoms. The summed E-state index contributed by atoms with van der Waals surface area (Å²) in [5.41, 5.74) is 1.53. The number of aryl methyl sites for hydroxylation is 1. The van der Waals surface area contributed by atoms with Gasteiger partial charge < -0.3 is 24.0 Å². The van der Waals surface area contributed by atoms with Gasteiger partial charge >= 0.3 is 6.09 Å². The number of halogens is 2. The summed E-state index contributed by atoms with van der Waals surface area (Å²) in [6.07, 6.45) is 3.12. The Hall–Kier alpha value is -3.79. The topological polar surface area (TPSA) is 87.4 Å². The van der Waals surface area contributed by atoms with Gasteiger partial charge in [-0.05, 0) is 36.8 Å². The van der Waals surface area contributed by atoms with Crippen LogP contribution >= 0.6 is 0 Å². The van der Waals surface area contributed by atoms with Crippen LogP contribution in [-0.2, 0) is 11.2 Å². The van der Waals surface area contributed by atoms with Crippen LogP contribution in [0.1, 0.15) is 21.6 Å². The summed E-state index contributed by atoms with van der Waals surface area (Å²) < 4.78 is 38.1. The second-order valence-corrected chi connectivity index (χ2v) is 8.72. The minimum Gasteiger partial charge on any atom is -0.465 e. The van der Waals surface area contributed by atoms with Crippen LogP contribution in [0.25, 0.3) is 16.9 Å². The zero-order chi connectivity index (χ0) is 25.3. The second kappa shape index (κ2) is 9.83. The first-order valence-electron chi connectivity index (χ1n) is 11.1. The van der Waals surface area contributed by atoms with Crippen molar-refractivity contribution in [1.29, 1.82) is 0 Å². The van der Waals surface area contributed by atoms with Crippen LogP contribution in [0, 0.1) is 18.6 Å². The number of allylic oxidation sites excluding steroid dienone is 1. The molecule has 0 bridgehead atoms. The predicted octanol–water partition coefficient (Wildman–Crippen LogP) is 3.77. The average molecular weight is 485 g/mol. The molecule has 3 aromatic rings. The largest absolute Gasteiger partial charge is 0.465 e. The summed E-state index contributed by atoms with van der Waals surface area (Å²) in [7, 11) is 3.46. The highest BCUT2D eigenvalue weighted by molar-refractivity contribution is 6.04. The molecule has 1 saturated heterocycles. The van der Waals surface area contributed by atoms with Gasteiger partial charge in [0.25, 0.3) is 0 Å². The number of amides is 1. The van der Waals surface area contributed by atoms with Crippen LogP contribution in [0.3, 0.4) is 0 Å². The third-order valence-corrected chi connectivity index (χ3v) is 5.80. The van der Waals surface area contributed by atoms with Gasteiger partial charge in [0.15, 0.2) is 5.78 Å². The zero-order valence-corrected chi connectivity index (χ0v) is 19.7. The Kier molecular flexibility index (Phi) is 6.83. The fourth-order valence-electron chi connectivity index (χ4n) is 4.08. The maximum atomic E-state index is 15.3. The number of ether oxygens (including phenoxy) is 1. The fourth-order valence-corrected chi connectivity index (χ4v) is 4.08. The van der Waals surface area contributed by atoms with E-state index in [4.69, 9.17) is 4.74 Å². The Morgan fingerprint density at radius 2 is 1.97 bits per heavy atom. The molecule has 8 nitrogen and oxygen atoms in total. The van der Waals surface area contributed by atoms with Crippen molar-refractivity contribution in [3.8, 4) is 11.3 Å². The van der Waals surface area contributed by atoms with Crippen molar-refractivity contribution < 1.29 is 28.2 Å². The normalized spacial score (nSPS) is 16.3. The van der Waals surface area contributed by atoms with Crippen molar-refractivity contribution in [2.24, 2.45) is 0 Å². The molecule has 1 unspecified atom stereocenters. The first kappa shape index (κ1) is 24.3. The molecule has 1 aromatic carbocycles. The number of pyridine rings is 1. The number of hydrogen-bond donors (Lipinski definition) is 1. The van der Waals surface area contributed by atoms with Crippen molar-refractivity contribution in [1.82, 2.24) is 19.2 Å². The third-order valence-electron chi connectivity index (χ3n) is 5.80. The summed E-state index contributed by atoms with van der Waals surface area (Å²) in [4.78, 5) is 31.2. The highest BCUT2D eigenvalue weighted by Crippen LogP contribution is 2.32. The summed E-state index contributed by atoms with van der Waals surface area (Å²) in [6.45, 7) is 2.49. The number of carbonyl (C=O) groups is 2. The van der Waals surface area contributed by atoms with Crippen molar-refractivity contribution in [2.45, 2.75) is 19.4 Å². The standard InChI is InChI=1S/C25H26F2N4O4/c1-15-4-7-31-20(13-17-14-30(25(33)34)8-9-35-17)24(28-22(31)10-15)23-18(26)11-16(12-19(23)27)21(32)5-6-29(2)3/h4-7,10-12,17H,8-9,13-14H2,1-3H3,(H,33,34)/b6-5+. The monoisotopic (exact) mass is 484 g/mol. The molecule has 3 heterocycles. The van der Waals surface area contributed by atoms with Crippen LogP contribution in [0.4, 0.5) is 13.6 Å². The first-order chi connectivity index (χ1) is 16.6. The van der Waals surface area contributed by atoms with Gasteiger partial charge in [-0.25, -0.2) is 18.6 Å². The van der Waals surface area contributed by atoms with Gasteiger partial charge in [0.1, 0.15) is 17.3 Å². The maximum Gasteiger partial charge on any atom is 0.407 e. The van der Waals surface area contributed by atoms with E-state index in [1.165, 1.54) is 17.2 Å². The van der Waals surface area contributed by atoms with Crippen LogP contribution in [0.15, 0.2) is 42.7 Å². The number of benzene rings is 1. The number of rotatable bonds is 6. The molecule has 0 radical (unpaired) electrons. The Morgan fingerprint density at radius 1 is 1.26 bits per heavy atom. The molecule has 4 rings (SSSR count). The number of imidazole rings is 1. The molecule has 184 valence electrons. The highest BCUT2D eigenvalue weighted by Gasteiger charge is 2.28. The number of morpholine rings is 1. The van der Waals surface area contributed by atoms with E-state index in [0.29, 0.717) is 11.3 Å². The van der Waals surface area contributed by atoms with Crippen molar-refractivity contribution >= 4 is 17.5 Å². The molecular weight excluding hydrogens is 458 g/mol. The molecule has 1 fully saturated rings. The van der Waals surface area contributed by atoms with E-state index in [0.717, 1.165) is 17.7 Å². The number of nitrogens with zero attached hydrogens (tertiary/aromatic N) is 4. The van der Waals surface area contributed by atoms with E-state index in [1.807, 2.05) is 13.0 Å². The number of fused-ring (bicyclic) bond motifs is 1. The van der Waals surface area contributed by atoms with Crippen molar-refractivity contribution in [2.75, 3.05) is 33.8 Å². The number of carbonyl (C=O) groups excluding carboxylic acids is 1. The number of aromatic nitrogens is 2. The smallest absolute Gasteiger partial charge is 0.407 e. The molecule has 0 saturated carbocycles. The van der Waals surface area contributed by atoms with E-state index >= 15 is 8.78 Å². The quantitative estimate of drug-likeness (QED) is 0.424. The van der Waals surface area contributed by atoms with E-state index in [-0.39, 0.29) is 42.9 Å². The van der Waals surface area contributed by atoms with Crippen LogP contribution < -0.4 is 0 Å². The molecule has 0 aliphatic carbocycles.